The van der Waals surface area contributed by atoms with Crippen LogP contribution < -0.4 is 5.73 Å². The highest BCUT2D eigenvalue weighted by Gasteiger charge is 1.93. The summed E-state index contributed by atoms with van der Waals surface area (Å²) in [5, 5.41) is 0. The van der Waals surface area contributed by atoms with Gasteiger partial charge >= 0.3 is 0 Å². The summed E-state index contributed by atoms with van der Waals surface area (Å²) in [6.07, 6.45) is 2.06. The van der Waals surface area contributed by atoms with Crippen molar-refractivity contribution in [3.63, 3.8) is 0 Å². The van der Waals surface area contributed by atoms with E-state index in [0.29, 0.717) is 6.54 Å². The molecule has 0 saturated carbocycles. The highest BCUT2D eigenvalue weighted by molar-refractivity contribution is 14.1. The average Bonchev–Trinajstić information content (AvgIpc) is 2.06. The molecule has 58 valence electrons. The molecule has 0 aromatic heterocycles. The van der Waals surface area contributed by atoms with Crippen molar-refractivity contribution in [3.05, 3.63) is 39.5 Å². The van der Waals surface area contributed by atoms with Crippen LogP contribution in [0.3, 0.4) is 0 Å². The van der Waals surface area contributed by atoms with Crippen molar-refractivity contribution in [2.24, 2.45) is 5.73 Å². The molecular formula is C9H10IN. The van der Waals surface area contributed by atoms with Gasteiger partial charge in [0.1, 0.15) is 0 Å². The van der Waals surface area contributed by atoms with Crippen molar-refractivity contribution in [3.8, 4) is 0 Å². The minimum absolute atomic E-state index is 0.608. The molecule has 2 heteroatoms. The summed E-state index contributed by atoms with van der Waals surface area (Å²) < 4.78 is 1.99. The normalized spacial score (nSPS) is 10.7. The zero-order valence-electron chi connectivity index (χ0n) is 6.13. The zero-order valence-corrected chi connectivity index (χ0v) is 8.28. The lowest BCUT2D eigenvalue weighted by Crippen LogP contribution is -1.97. The number of hydrogen-bond acceptors (Lipinski definition) is 1. The largest absolute Gasteiger partial charge is 0.326 e. The van der Waals surface area contributed by atoms with Crippen LogP contribution >= 0.6 is 22.6 Å². The Kier molecular flexibility index (Phi) is 3.59. The van der Waals surface area contributed by atoms with Crippen molar-refractivity contribution in [2.75, 3.05) is 0 Å². The summed E-state index contributed by atoms with van der Waals surface area (Å²) in [7, 11) is 0. The Balaban J connectivity index is 3.02. The fraction of sp³-hybridized carbons (Fsp3) is 0.111. The van der Waals surface area contributed by atoms with E-state index in [9.17, 15) is 0 Å². The predicted molar refractivity (Wildman–Crippen MR) is 57.4 cm³/mol. The van der Waals surface area contributed by atoms with Crippen LogP contribution in [0.1, 0.15) is 11.1 Å². The second-order valence-corrected chi connectivity index (χ2v) is 2.91. The van der Waals surface area contributed by atoms with E-state index in [1.165, 1.54) is 11.1 Å². The number of hydrogen-bond donors (Lipinski definition) is 1. The van der Waals surface area contributed by atoms with Gasteiger partial charge in [-0.1, -0.05) is 46.9 Å². The molecule has 11 heavy (non-hydrogen) atoms. The fourth-order valence-electron chi connectivity index (χ4n) is 0.951. The van der Waals surface area contributed by atoms with E-state index in [1.807, 2.05) is 22.3 Å². The number of benzene rings is 1. The highest BCUT2D eigenvalue weighted by Crippen LogP contribution is 2.10. The molecule has 0 spiro atoms. The molecule has 0 amide bonds. The minimum atomic E-state index is 0.608. The van der Waals surface area contributed by atoms with Crippen molar-refractivity contribution >= 4 is 28.7 Å². The first-order valence-corrected chi connectivity index (χ1v) is 4.68. The maximum Gasteiger partial charge on any atom is 0.0184 e. The van der Waals surface area contributed by atoms with Crippen molar-refractivity contribution < 1.29 is 0 Å². The van der Waals surface area contributed by atoms with Crippen molar-refractivity contribution in [1.82, 2.24) is 0 Å². The molecule has 0 saturated heterocycles. The summed E-state index contributed by atoms with van der Waals surface area (Å²) in [5.41, 5.74) is 7.95. The van der Waals surface area contributed by atoms with Gasteiger partial charge in [0.2, 0.25) is 0 Å². The van der Waals surface area contributed by atoms with Gasteiger partial charge in [0.15, 0.2) is 0 Å². The lowest BCUT2D eigenvalue weighted by atomic mass is 10.1. The molecule has 1 nitrogen and oxygen atoms in total. The van der Waals surface area contributed by atoms with E-state index < -0.39 is 0 Å². The molecule has 0 aliphatic carbocycles. The van der Waals surface area contributed by atoms with E-state index in [4.69, 9.17) is 5.73 Å². The van der Waals surface area contributed by atoms with Crippen LogP contribution in [0.15, 0.2) is 28.3 Å². The van der Waals surface area contributed by atoms with Crippen LogP contribution in [0.5, 0.6) is 0 Å². The van der Waals surface area contributed by atoms with Crippen LogP contribution in [-0.4, -0.2) is 0 Å². The first-order chi connectivity index (χ1) is 5.38. The lowest BCUT2D eigenvalue weighted by Gasteiger charge is -2.00. The summed E-state index contributed by atoms with van der Waals surface area (Å²) in [6.45, 7) is 0.608. The number of nitrogens with two attached hydrogens (primary N) is 1. The standard InChI is InChI=1S/C9H10IN/c10-6-5-8-3-1-2-4-9(8)7-11/h1-6H,7,11H2/b6-5-. The van der Waals surface area contributed by atoms with Crippen LogP contribution in [0.2, 0.25) is 0 Å². The van der Waals surface area contributed by atoms with E-state index in [1.54, 1.807) is 0 Å². The Morgan fingerprint density at radius 1 is 1.36 bits per heavy atom. The van der Waals surface area contributed by atoms with Crippen LogP contribution in [0.4, 0.5) is 0 Å². The third kappa shape index (κ3) is 2.31. The van der Waals surface area contributed by atoms with Crippen molar-refractivity contribution in [1.29, 1.82) is 0 Å². The molecule has 1 aromatic carbocycles. The van der Waals surface area contributed by atoms with Crippen LogP contribution in [0.25, 0.3) is 6.08 Å². The van der Waals surface area contributed by atoms with E-state index >= 15 is 0 Å². The first kappa shape index (κ1) is 8.74. The van der Waals surface area contributed by atoms with E-state index in [2.05, 4.69) is 34.7 Å². The zero-order chi connectivity index (χ0) is 8.10. The van der Waals surface area contributed by atoms with Crippen LogP contribution in [0, 0.1) is 0 Å². The fourth-order valence-corrected chi connectivity index (χ4v) is 1.34. The molecule has 0 heterocycles. The van der Waals surface area contributed by atoms with E-state index in [-0.39, 0.29) is 0 Å². The minimum Gasteiger partial charge on any atom is -0.326 e. The highest BCUT2D eigenvalue weighted by atomic mass is 127. The summed E-state index contributed by atoms with van der Waals surface area (Å²) in [6, 6.07) is 8.14. The summed E-state index contributed by atoms with van der Waals surface area (Å²) >= 11 is 2.20. The molecule has 0 unspecified atom stereocenters. The number of halogens is 1. The van der Waals surface area contributed by atoms with Gasteiger partial charge in [-0.15, -0.1) is 0 Å². The van der Waals surface area contributed by atoms with Gasteiger partial charge < -0.3 is 5.73 Å². The van der Waals surface area contributed by atoms with Gasteiger partial charge in [-0.25, -0.2) is 0 Å². The maximum atomic E-state index is 5.54. The first-order valence-electron chi connectivity index (χ1n) is 3.43. The Labute approximate surface area is 80.4 Å². The molecule has 0 radical (unpaired) electrons. The molecule has 1 rings (SSSR count). The molecular weight excluding hydrogens is 249 g/mol. The van der Waals surface area contributed by atoms with Crippen molar-refractivity contribution in [2.45, 2.75) is 6.54 Å². The third-order valence-corrected chi connectivity index (χ3v) is 1.88. The van der Waals surface area contributed by atoms with Gasteiger partial charge in [-0.3, -0.25) is 0 Å². The molecule has 0 aliphatic rings. The molecule has 0 fully saturated rings. The van der Waals surface area contributed by atoms with Gasteiger partial charge in [0.05, 0.1) is 0 Å². The second kappa shape index (κ2) is 4.51. The van der Waals surface area contributed by atoms with Gasteiger partial charge in [0, 0.05) is 6.54 Å². The predicted octanol–water partition coefficient (Wildman–Crippen LogP) is 2.55. The molecule has 0 aliphatic heterocycles. The smallest absolute Gasteiger partial charge is 0.0184 e. The SMILES string of the molecule is NCc1ccccc1/C=C\I. The van der Waals surface area contributed by atoms with E-state index in [0.717, 1.165) is 0 Å². The summed E-state index contributed by atoms with van der Waals surface area (Å²) in [4.78, 5) is 0. The Morgan fingerprint density at radius 3 is 2.73 bits per heavy atom. The molecule has 2 N–H and O–H groups in total. The Hall–Kier alpha value is -0.350. The average molecular weight is 259 g/mol. The van der Waals surface area contributed by atoms with Gasteiger partial charge in [-0.05, 0) is 21.3 Å². The van der Waals surface area contributed by atoms with Gasteiger partial charge in [0.25, 0.3) is 0 Å². The monoisotopic (exact) mass is 259 g/mol. The molecule has 1 aromatic rings. The maximum absolute atomic E-state index is 5.54. The molecule has 0 atom stereocenters. The topological polar surface area (TPSA) is 26.0 Å². The second-order valence-electron chi connectivity index (χ2n) is 2.20. The lowest BCUT2D eigenvalue weighted by molar-refractivity contribution is 1.07. The Morgan fingerprint density at radius 2 is 2.09 bits per heavy atom. The molecule has 0 bridgehead atoms. The number of rotatable bonds is 2. The van der Waals surface area contributed by atoms with Gasteiger partial charge in [-0.2, -0.15) is 0 Å². The quantitative estimate of drug-likeness (QED) is 0.811. The summed E-state index contributed by atoms with van der Waals surface area (Å²) in [5.74, 6) is 0. The Bertz CT molecular complexity index is 255. The van der Waals surface area contributed by atoms with Crippen LogP contribution in [-0.2, 0) is 6.54 Å². The third-order valence-electron chi connectivity index (χ3n) is 1.52.